The van der Waals surface area contributed by atoms with Crippen molar-refractivity contribution in [3.63, 3.8) is 0 Å². The first-order valence-corrected chi connectivity index (χ1v) is 7.62. The molecule has 0 heterocycles. The summed E-state index contributed by atoms with van der Waals surface area (Å²) in [6, 6.07) is 17.0. The van der Waals surface area contributed by atoms with E-state index in [0.717, 1.165) is 16.8 Å². The molecule has 0 radical (unpaired) electrons. The van der Waals surface area contributed by atoms with Gasteiger partial charge in [0.2, 0.25) is 0 Å². The Kier molecular flexibility index (Phi) is 5.56. The molecule has 2 aromatic rings. The van der Waals surface area contributed by atoms with E-state index in [4.69, 9.17) is 0 Å². The van der Waals surface area contributed by atoms with Crippen LogP contribution in [0.4, 0.5) is 5.69 Å². The zero-order chi connectivity index (χ0) is 16.7. The van der Waals surface area contributed by atoms with Gasteiger partial charge in [0.05, 0.1) is 0 Å². The van der Waals surface area contributed by atoms with Gasteiger partial charge in [-0.05, 0) is 31.5 Å². The third kappa shape index (κ3) is 4.98. The molecule has 0 saturated heterocycles. The number of Topliss-reactive ketones (excluding diaryl/α,β-unsaturated/α-hetero) is 1. The molecular weight excluding hydrogens is 286 g/mol. The molecule has 0 aromatic heterocycles. The van der Waals surface area contributed by atoms with Crippen LogP contribution in [0.2, 0.25) is 0 Å². The topological polar surface area (TPSA) is 49.3 Å². The highest BCUT2D eigenvalue weighted by atomic mass is 16.3. The molecule has 23 heavy (non-hydrogen) atoms. The first-order chi connectivity index (χ1) is 11.0. The van der Waals surface area contributed by atoms with Gasteiger partial charge in [-0.25, -0.2) is 0 Å². The molecule has 0 fully saturated rings. The number of benzene rings is 2. The first kappa shape index (κ1) is 16.8. The van der Waals surface area contributed by atoms with Crippen molar-refractivity contribution < 1.29 is 9.90 Å². The lowest BCUT2D eigenvalue weighted by atomic mass is 9.96. The van der Waals surface area contributed by atoms with Gasteiger partial charge in [0.25, 0.3) is 0 Å². The number of carbonyl (C=O) groups is 1. The number of hydrogen-bond donors (Lipinski definition) is 2. The predicted molar refractivity (Wildman–Crippen MR) is 93.1 cm³/mol. The van der Waals surface area contributed by atoms with E-state index in [1.54, 1.807) is 13.8 Å². The summed E-state index contributed by atoms with van der Waals surface area (Å²) in [5, 5.41) is 13.8. The maximum Gasteiger partial charge on any atom is 0.148 e. The SMILES string of the molecule is CC(=O)CCNc1ccccc1C#C[C@@](C)(O)c1ccccc1. The largest absolute Gasteiger partial charge is 0.384 e. The van der Waals surface area contributed by atoms with Gasteiger partial charge in [-0.3, -0.25) is 4.79 Å². The first-order valence-electron chi connectivity index (χ1n) is 7.62. The van der Waals surface area contributed by atoms with Crippen LogP contribution in [0.3, 0.4) is 0 Å². The van der Waals surface area contributed by atoms with Gasteiger partial charge in [-0.2, -0.15) is 0 Å². The van der Waals surface area contributed by atoms with Crippen molar-refractivity contribution in [3.05, 3.63) is 65.7 Å². The zero-order valence-electron chi connectivity index (χ0n) is 13.5. The number of carbonyl (C=O) groups excluding carboxylic acids is 1. The second-order valence-electron chi connectivity index (χ2n) is 5.61. The molecule has 3 nitrogen and oxygen atoms in total. The summed E-state index contributed by atoms with van der Waals surface area (Å²) in [7, 11) is 0. The van der Waals surface area contributed by atoms with Gasteiger partial charge < -0.3 is 10.4 Å². The summed E-state index contributed by atoms with van der Waals surface area (Å²) in [6.07, 6.45) is 0.476. The number of rotatable bonds is 5. The lowest BCUT2D eigenvalue weighted by Crippen LogP contribution is -2.18. The molecule has 0 saturated carbocycles. The van der Waals surface area contributed by atoms with Crippen LogP contribution >= 0.6 is 0 Å². The lowest BCUT2D eigenvalue weighted by molar-refractivity contribution is -0.116. The van der Waals surface area contributed by atoms with Crippen molar-refractivity contribution in [2.45, 2.75) is 25.9 Å². The van der Waals surface area contributed by atoms with Gasteiger partial charge in [-0.15, -0.1) is 0 Å². The Morgan fingerprint density at radius 3 is 2.48 bits per heavy atom. The molecule has 2 N–H and O–H groups in total. The minimum absolute atomic E-state index is 0.146. The molecule has 0 aliphatic rings. The summed E-state index contributed by atoms with van der Waals surface area (Å²) in [4.78, 5) is 11.0. The van der Waals surface area contributed by atoms with E-state index in [0.29, 0.717) is 13.0 Å². The number of aliphatic hydroxyl groups is 1. The summed E-state index contributed by atoms with van der Waals surface area (Å²) < 4.78 is 0. The summed E-state index contributed by atoms with van der Waals surface area (Å²) in [6.45, 7) is 3.83. The van der Waals surface area contributed by atoms with Crippen LogP contribution in [0.25, 0.3) is 0 Å². The van der Waals surface area contributed by atoms with Crippen molar-refractivity contribution in [2.75, 3.05) is 11.9 Å². The molecule has 0 amide bonds. The summed E-state index contributed by atoms with van der Waals surface area (Å²) in [5.41, 5.74) is 1.21. The van der Waals surface area contributed by atoms with Gasteiger partial charge in [0.1, 0.15) is 11.4 Å². The molecule has 0 aliphatic heterocycles. The third-order valence-electron chi connectivity index (χ3n) is 3.50. The maximum absolute atomic E-state index is 11.0. The van der Waals surface area contributed by atoms with Gasteiger partial charge in [0.15, 0.2) is 0 Å². The zero-order valence-corrected chi connectivity index (χ0v) is 13.5. The Labute approximate surface area is 137 Å². The fourth-order valence-electron chi connectivity index (χ4n) is 2.14. The molecule has 0 bridgehead atoms. The van der Waals surface area contributed by atoms with Crippen molar-refractivity contribution in [1.29, 1.82) is 0 Å². The highest BCUT2D eigenvalue weighted by Gasteiger charge is 2.19. The van der Waals surface area contributed by atoms with Crippen molar-refractivity contribution in [2.24, 2.45) is 0 Å². The van der Waals surface area contributed by atoms with Gasteiger partial charge in [-0.1, -0.05) is 54.3 Å². The van der Waals surface area contributed by atoms with E-state index < -0.39 is 5.60 Å². The predicted octanol–water partition coefficient (Wildman–Crippen LogP) is 3.34. The normalized spacial score (nSPS) is 12.7. The van der Waals surface area contributed by atoms with E-state index in [2.05, 4.69) is 17.2 Å². The van der Waals surface area contributed by atoms with Crippen LogP contribution in [-0.2, 0) is 10.4 Å². The van der Waals surface area contributed by atoms with E-state index in [-0.39, 0.29) is 5.78 Å². The van der Waals surface area contributed by atoms with E-state index in [1.807, 2.05) is 54.6 Å². The second-order valence-corrected chi connectivity index (χ2v) is 5.61. The van der Waals surface area contributed by atoms with Gasteiger partial charge in [0, 0.05) is 24.2 Å². The Bertz CT molecular complexity index is 724. The third-order valence-corrected chi connectivity index (χ3v) is 3.50. The van der Waals surface area contributed by atoms with Crippen LogP contribution in [0.15, 0.2) is 54.6 Å². The number of para-hydroxylation sites is 1. The second kappa shape index (κ2) is 7.62. The van der Waals surface area contributed by atoms with Crippen LogP contribution in [0, 0.1) is 11.8 Å². The number of ketones is 1. The minimum Gasteiger partial charge on any atom is -0.384 e. The lowest BCUT2D eigenvalue weighted by Gasteiger charge is -2.16. The van der Waals surface area contributed by atoms with Crippen LogP contribution < -0.4 is 5.32 Å². The summed E-state index contributed by atoms with van der Waals surface area (Å²) >= 11 is 0. The molecule has 2 aromatic carbocycles. The number of hydrogen-bond acceptors (Lipinski definition) is 3. The molecule has 0 spiro atoms. The fraction of sp³-hybridized carbons (Fsp3) is 0.250. The van der Waals surface area contributed by atoms with Crippen molar-refractivity contribution in [3.8, 4) is 11.8 Å². The van der Waals surface area contributed by atoms with Crippen LogP contribution in [0.1, 0.15) is 31.4 Å². The molecule has 118 valence electrons. The van der Waals surface area contributed by atoms with Crippen LogP contribution in [-0.4, -0.2) is 17.4 Å². The average molecular weight is 307 g/mol. The Hall–Kier alpha value is -2.57. The standard InChI is InChI=1S/C20H21NO2/c1-16(22)13-15-21-19-11-7-6-8-17(19)12-14-20(2,23)18-9-4-3-5-10-18/h3-11,21,23H,13,15H2,1-2H3/t20-/m1/s1. The average Bonchev–Trinajstić information content (AvgIpc) is 2.54. The van der Waals surface area contributed by atoms with E-state index in [1.165, 1.54) is 0 Å². The highest BCUT2D eigenvalue weighted by molar-refractivity contribution is 5.76. The molecular formula is C20H21NO2. The van der Waals surface area contributed by atoms with Crippen molar-refractivity contribution in [1.82, 2.24) is 0 Å². The van der Waals surface area contributed by atoms with E-state index in [9.17, 15) is 9.90 Å². The monoisotopic (exact) mass is 307 g/mol. The molecule has 0 unspecified atom stereocenters. The maximum atomic E-state index is 11.0. The number of anilines is 1. The van der Waals surface area contributed by atoms with Crippen molar-refractivity contribution >= 4 is 11.5 Å². The van der Waals surface area contributed by atoms with Gasteiger partial charge >= 0.3 is 0 Å². The smallest absolute Gasteiger partial charge is 0.148 e. The summed E-state index contributed by atoms with van der Waals surface area (Å²) in [5.74, 6) is 6.12. The molecule has 0 aliphatic carbocycles. The Morgan fingerprint density at radius 1 is 1.13 bits per heavy atom. The highest BCUT2D eigenvalue weighted by Crippen LogP contribution is 2.20. The van der Waals surface area contributed by atoms with Crippen LogP contribution in [0.5, 0.6) is 0 Å². The Morgan fingerprint density at radius 2 is 1.78 bits per heavy atom. The quantitative estimate of drug-likeness (QED) is 0.833. The molecule has 2 rings (SSSR count). The molecule has 3 heteroatoms. The fourth-order valence-corrected chi connectivity index (χ4v) is 2.14. The molecule has 1 atom stereocenters. The minimum atomic E-state index is -1.21. The number of nitrogens with one attached hydrogen (secondary N) is 1. The van der Waals surface area contributed by atoms with E-state index >= 15 is 0 Å². The Balaban J connectivity index is 2.19.